The van der Waals surface area contributed by atoms with Crippen LogP contribution in [0.4, 0.5) is 4.39 Å². The van der Waals surface area contributed by atoms with Crippen LogP contribution in [0.1, 0.15) is 37.4 Å². The maximum Gasteiger partial charge on any atom is 0.128 e. The zero-order chi connectivity index (χ0) is 11.9. The summed E-state index contributed by atoms with van der Waals surface area (Å²) in [6.45, 7) is 6.35. The maximum absolute atomic E-state index is 13.8. The predicted octanol–water partition coefficient (Wildman–Crippen LogP) is 2.68. The van der Waals surface area contributed by atoms with Crippen molar-refractivity contribution in [2.45, 2.75) is 33.2 Å². The summed E-state index contributed by atoms with van der Waals surface area (Å²) in [5.41, 5.74) is 4.79. The van der Waals surface area contributed by atoms with Crippen LogP contribution in [0.25, 0.3) is 0 Å². The Morgan fingerprint density at radius 3 is 2.62 bits per heavy atom. The van der Waals surface area contributed by atoms with E-state index in [-0.39, 0.29) is 17.3 Å². The number of hydrogen-bond donors (Lipinski definition) is 2. The van der Waals surface area contributed by atoms with Gasteiger partial charge in [0.25, 0.3) is 0 Å². The SMILES string of the molecule is Cc1ccc(F)c(C(NN)C2CC2(C)C)c1. The topological polar surface area (TPSA) is 38.0 Å². The second-order valence-electron chi connectivity index (χ2n) is 5.47. The van der Waals surface area contributed by atoms with Gasteiger partial charge in [-0.05, 0) is 30.7 Å². The van der Waals surface area contributed by atoms with E-state index in [1.807, 2.05) is 13.0 Å². The van der Waals surface area contributed by atoms with Crippen LogP contribution >= 0.6 is 0 Å². The first kappa shape index (κ1) is 11.6. The molecule has 88 valence electrons. The van der Waals surface area contributed by atoms with Gasteiger partial charge in [-0.3, -0.25) is 11.3 Å². The summed E-state index contributed by atoms with van der Waals surface area (Å²) in [6.07, 6.45) is 1.09. The largest absolute Gasteiger partial charge is 0.271 e. The molecule has 2 unspecified atom stereocenters. The molecule has 2 rings (SSSR count). The van der Waals surface area contributed by atoms with Crippen molar-refractivity contribution < 1.29 is 4.39 Å². The van der Waals surface area contributed by atoms with E-state index in [1.54, 1.807) is 6.07 Å². The number of nitrogens with two attached hydrogens (primary N) is 1. The van der Waals surface area contributed by atoms with Crippen LogP contribution in [0.2, 0.25) is 0 Å². The van der Waals surface area contributed by atoms with Crippen LogP contribution in [0.5, 0.6) is 0 Å². The van der Waals surface area contributed by atoms with Crippen LogP contribution < -0.4 is 11.3 Å². The molecule has 0 aliphatic heterocycles. The Labute approximate surface area is 96.0 Å². The minimum atomic E-state index is -0.170. The Bertz CT molecular complexity index is 401. The molecule has 1 aliphatic rings. The van der Waals surface area contributed by atoms with E-state index in [9.17, 15) is 4.39 Å². The fourth-order valence-electron chi connectivity index (χ4n) is 2.40. The van der Waals surface area contributed by atoms with Gasteiger partial charge in [-0.15, -0.1) is 0 Å². The fourth-order valence-corrected chi connectivity index (χ4v) is 2.40. The van der Waals surface area contributed by atoms with Crippen molar-refractivity contribution in [1.82, 2.24) is 5.43 Å². The lowest BCUT2D eigenvalue weighted by Gasteiger charge is -2.19. The highest BCUT2D eigenvalue weighted by molar-refractivity contribution is 5.29. The third-order valence-electron chi connectivity index (χ3n) is 3.66. The summed E-state index contributed by atoms with van der Waals surface area (Å²) in [5, 5.41) is 0. The highest BCUT2D eigenvalue weighted by atomic mass is 19.1. The molecule has 0 heterocycles. The molecule has 2 atom stereocenters. The Morgan fingerprint density at radius 2 is 2.12 bits per heavy atom. The second kappa shape index (κ2) is 3.82. The fraction of sp³-hybridized carbons (Fsp3) is 0.538. The van der Waals surface area contributed by atoms with E-state index in [2.05, 4.69) is 19.3 Å². The van der Waals surface area contributed by atoms with Crippen LogP contribution in [-0.4, -0.2) is 0 Å². The van der Waals surface area contributed by atoms with Crippen molar-refractivity contribution in [3.63, 3.8) is 0 Å². The number of halogens is 1. The summed E-state index contributed by atoms with van der Waals surface area (Å²) < 4.78 is 13.8. The standard InChI is InChI=1S/C13H19FN2/c1-8-4-5-11(14)9(6-8)12(16-15)10-7-13(10,2)3/h4-6,10,12,16H,7,15H2,1-3H3. The van der Waals surface area contributed by atoms with Crippen LogP contribution in [0.3, 0.4) is 0 Å². The Morgan fingerprint density at radius 1 is 1.50 bits per heavy atom. The summed E-state index contributed by atoms with van der Waals surface area (Å²) in [7, 11) is 0. The van der Waals surface area contributed by atoms with E-state index in [0.717, 1.165) is 12.0 Å². The number of benzene rings is 1. The maximum atomic E-state index is 13.8. The molecule has 0 bridgehead atoms. The van der Waals surface area contributed by atoms with Gasteiger partial charge >= 0.3 is 0 Å². The van der Waals surface area contributed by atoms with E-state index in [0.29, 0.717) is 11.5 Å². The quantitative estimate of drug-likeness (QED) is 0.609. The Kier molecular flexibility index (Phi) is 2.76. The van der Waals surface area contributed by atoms with Crippen molar-refractivity contribution in [3.8, 4) is 0 Å². The number of aryl methyl sites for hydroxylation is 1. The van der Waals surface area contributed by atoms with E-state index >= 15 is 0 Å². The molecule has 1 saturated carbocycles. The smallest absolute Gasteiger partial charge is 0.128 e. The van der Waals surface area contributed by atoms with E-state index < -0.39 is 0 Å². The molecule has 3 N–H and O–H groups in total. The Hall–Kier alpha value is -0.930. The van der Waals surface area contributed by atoms with Gasteiger partial charge < -0.3 is 0 Å². The molecule has 1 aliphatic carbocycles. The molecule has 1 fully saturated rings. The minimum absolute atomic E-state index is 0.0742. The zero-order valence-electron chi connectivity index (χ0n) is 10.0. The van der Waals surface area contributed by atoms with Crippen molar-refractivity contribution >= 4 is 0 Å². The summed E-state index contributed by atoms with van der Waals surface area (Å²) in [5.74, 6) is 5.82. The lowest BCUT2D eigenvalue weighted by molar-refractivity contribution is 0.409. The molecule has 16 heavy (non-hydrogen) atoms. The number of rotatable bonds is 3. The molecule has 1 aromatic carbocycles. The highest BCUT2D eigenvalue weighted by Gasteiger charge is 2.50. The number of hydrazine groups is 1. The van der Waals surface area contributed by atoms with Gasteiger partial charge in [0, 0.05) is 5.56 Å². The van der Waals surface area contributed by atoms with E-state index in [4.69, 9.17) is 5.84 Å². The normalized spacial score (nSPS) is 24.2. The lowest BCUT2D eigenvalue weighted by Crippen LogP contribution is -2.31. The second-order valence-corrected chi connectivity index (χ2v) is 5.47. The summed E-state index contributed by atoms with van der Waals surface area (Å²) in [4.78, 5) is 0. The molecule has 0 aromatic heterocycles. The summed E-state index contributed by atoms with van der Waals surface area (Å²) >= 11 is 0. The number of hydrogen-bond acceptors (Lipinski definition) is 2. The molecular weight excluding hydrogens is 203 g/mol. The summed E-state index contributed by atoms with van der Waals surface area (Å²) in [6, 6.07) is 5.11. The van der Waals surface area contributed by atoms with Gasteiger partial charge in [0.15, 0.2) is 0 Å². The average molecular weight is 222 g/mol. The van der Waals surface area contributed by atoms with Gasteiger partial charge in [-0.1, -0.05) is 31.5 Å². The minimum Gasteiger partial charge on any atom is -0.271 e. The molecule has 3 heteroatoms. The third kappa shape index (κ3) is 1.97. The van der Waals surface area contributed by atoms with Crippen molar-refractivity contribution in [3.05, 3.63) is 35.1 Å². The highest BCUT2D eigenvalue weighted by Crippen LogP contribution is 2.57. The van der Waals surface area contributed by atoms with Crippen molar-refractivity contribution in [2.75, 3.05) is 0 Å². The lowest BCUT2D eigenvalue weighted by atomic mass is 9.96. The van der Waals surface area contributed by atoms with Crippen molar-refractivity contribution in [1.29, 1.82) is 0 Å². The van der Waals surface area contributed by atoms with Crippen LogP contribution in [0, 0.1) is 24.1 Å². The average Bonchev–Trinajstić information content (AvgIpc) is 2.82. The molecule has 0 saturated heterocycles. The van der Waals surface area contributed by atoms with Crippen LogP contribution in [0.15, 0.2) is 18.2 Å². The first-order valence-corrected chi connectivity index (χ1v) is 5.68. The van der Waals surface area contributed by atoms with Crippen molar-refractivity contribution in [2.24, 2.45) is 17.2 Å². The molecular formula is C13H19FN2. The van der Waals surface area contributed by atoms with Gasteiger partial charge in [0.2, 0.25) is 0 Å². The predicted molar refractivity (Wildman–Crippen MR) is 63.1 cm³/mol. The molecule has 0 amide bonds. The van der Waals surface area contributed by atoms with Crippen LogP contribution in [-0.2, 0) is 0 Å². The third-order valence-corrected chi connectivity index (χ3v) is 3.66. The zero-order valence-corrected chi connectivity index (χ0v) is 10.0. The van der Waals surface area contributed by atoms with Gasteiger partial charge in [-0.25, -0.2) is 4.39 Å². The van der Waals surface area contributed by atoms with E-state index in [1.165, 1.54) is 6.07 Å². The first-order chi connectivity index (χ1) is 7.45. The van der Waals surface area contributed by atoms with Gasteiger partial charge in [-0.2, -0.15) is 0 Å². The van der Waals surface area contributed by atoms with Gasteiger partial charge in [0.1, 0.15) is 5.82 Å². The molecule has 1 aromatic rings. The molecule has 2 nitrogen and oxygen atoms in total. The van der Waals surface area contributed by atoms with Gasteiger partial charge in [0.05, 0.1) is 6.04 Å². The molecule has 0 radical (unpaired) electrons. The number of nitrogens with one attached hydrogen (secondary N) is 1. The monoisotopic (exact) mass is 222 g/mol. The Balaban J connectivity index is 2.30. The molecule has 0 spiro atoms. The first-order valence-electron chi connectivity index (χ1n) is 5.68.